The van der Waals surface area contributed by atoms with E-state index < -0.39 is 11.7 Å². The van der Waals surface area contributed by atoms with Gasteiger partial charge in [0.1, 0.15) is 5.60 Å². The first kappa shape index (κ1) is 28.4. The summed E-state index contributed by atoms with van der Waals surface area (Å²) in [6.45, 7) is 6.37. The zero-order valence-electron chi connectivity index (χ0n) is 20.6. The number of hydrogen-bond donors (Lipinski definition) is 2. The van der Waals surface area contributed by atoms with Crippen molar-refractivity contribution in [3.63, 3.8) is 0 Å². The highest BCUT2D eigenvalue weighted by Crippen LogP contribution is 2.20. The molecule has 0 aliphatic carbocycles. The molecule has 0 saturated heterocycles. The molecule has 0 fully saturated rings. The summed E-state index contributed by atoms with van der Waals surface area (Å²) in [4.78, 5) is 28.6. The summed E-state index contributed by atoms with van der Waals surface area (Å²) >= 11 is 0. The molecule has 2 heterocycles. The Labute approximate surface area is 217 Å². The largest absolute Gasteiger partial charge is 0.444 e. The van der Waals surface area contributed by atoms with E-state index in [0.29, 0.717) is 18.9 Å². The molecule has 0 aliphatic heterocycles. The number of nitrogens with zero attached hydrogens (tertiary/aromatic N) is 4. The van der Waals surface area contributed by atoms with E-state index in [0.717, 1.165) is 28.1 Å². The molecule has 0 unspecified atom stereocenters. The Bertz CT molecular complexity index is 1220. The number of carbonyl (C=O) groups is 1. The average Bonchev–Trinajstić information content (AvgIpc) is 2.88. The first-order chi connectivity index (χ1) is 16.9. The Hall–Kier alpha value is -3.88. The number of amides is 1. The smallest absolute Gasteiger partial charge is 0.407 e. The van der Waals surface area contributed by atoms with Gasteiger partial charge in [0.2, 0.25) is 0 Å². The molecule has 4 aromatic rings. The van der Waals surface area contributed by atoms with Gasteiger partial charge < -0.3 is 15.8 Å². The first-order valence-electron chi connectivity index (χ1n) is 11.2. The molecular weight excluding hydrogens is 476 g/mol. The van der Waals surface area contributed by atoms with Gasteiger partial charge in [0.25, 0.3) is 0 Å². The van der Waals surface area contributed by atoms with Crippen molar-refractivity contribution in [2.45, 2.75) is 39.5 Å². The van der Waals surface area contributed by atoms with Crippen LogP contribution in [-0.2, 0) is 17.8 Å². The summed E-state index contributed by atoms with van der Waals surface area (Å²) in [6.07, 6.45) is 6.41. The fraction of sp³-hybridized carbons (Fsp3) is 0.222. The second-order valence-corrected chi connectivity index (χ2v) is 8.52. The third-order valence-corrected chi connectivity index (χ3v) is 4.69. The van der Waals surface area contributed by atoms with Gasteiger partial charge in [0, 0.05) is 49.0 Å². The van der Waals surface area contributed by atoms with Crippen LogP contribution in [0.25, 0.3) is 22.8 Å². The first-order valence-corrected chi connectivity index (χ1v) is 11.2. The van der Waals surface area contributed by atoms with E-state index in [1.54, 1.807) is 36.9 Å². The molecule has 0 aliphatic rings. The number of nitrogens with one attached hydrogen (secondary N) is 1. The molecule has 8 nitrogen and oxygen atoms in total. The monoisotopic (exact) mass is 506 g/mol. The molecule has 0 radical (unpaired) electrons. The summed E-state index contributed by atoms with van der Waals surface area (Å²) in [5, 5.41) is 2.75. The summed E-state index contributed by atoms with van der Waals surface area (Å²) in [6, 6.07) is 19.2. The topological polar surface area (TPSA) is 116 Å². The second kappa shape index (κ2) is 13.9. The minimum atomic E-state index is -0.508. The molecule has 4 rings (SSSR count). The number of aromatic nitrogens is 4. The molecule has 0 saturated carbocycles. The van der Waals surface area contributed by atoms with Crippen LogP contribution in [0.2, 0.25) is 0 Å². The van der Waals surface area contributed by atoms with E-state index in [2.05, 4.69) is 25.3 Å². The van der Waals surface area contributed by atoms with Crippen molar-refractivity contribution in [2.75, 3.05) is 0 Å². The van der Waals surface area contributed by atoms with Gasteiger partial charge in [-0.3, -0.25) is 0 Å². The van der Waals surface area contributed by atoms with E-state index in [4.69, 9.17) is 10.5 Å². The molecule has 0 bridgehead atoms. The lowest BCUT2D eigenvalue weighted by atomic mass is 10.1. The van der Waals surface area contributed by atoms with Gasteiger partial charge >= 0.3 is 6.09 Å². The molecule has 0 spiro atoms. The lowest BCUT2D eigenvalue weighted by molar-refractivity contribution is 0.0523. The number of ether oxygens (including phenoxy) is 1. The molecule has 2 aromatic carbocycles. The molecular formula is C27H31ClN6O2. The Balaban J connectivity index is 0.000000265. The van der Waals surface area contributed by atoms with Crippen molar-refractivity contribution >= 4 is 18.5 Å². The predicted octanol–water partition coefficient (Wildman–Crippen LogP) is 5.19. The minimum Gasteiger partial charge on any atom is -0.444 e. The molecule has 1 amide bonds. The highest BCUT2D eigenvalue weighted by atomic mass is 35.5. The Morgan fingerprint density at radius 2 is 1.22 bits per heavy atom. The van der Waals surface area contributed by atoms with E-state index >= 15 is 0 Å². The molecule has 3 N–H and O–H groups in total. The van der Waals surface area contributed by atoms with Crippen LogP contribution < -0.4 is 11.1 Å². The van der Waals surface area contributed by atoms with Gasteiger partial charge in [-0.1, -0.05) is 48.5 Å². The Morgan fingerprint density at radius 3 is 1.69 bits per heavy atom. The predicted molar refractivity (Wildman–Crippen MR) is 143 cm³/mol. The summed E-state index contributed by atoms with van der Waals surface area (Å²) in [5.74, 6) is 1.37. The van der Waals surface area contributed by atoms with Crippen LogP contribution in [0.1, 0.15) is 31.9 Å². The summed E-state index contributed by atoms with van der Waals surface area (Å²) in [5.41, 5.74) is 9.04. The van der Waals surface area contributed by atoms with E-state index in [-0.39, 0.29) is 12.4 Å². The maximum atomic E-state index is 11.7. The maximum Gasteiger partial charge on any atom is 0.407 e. The van der Waals surface area contributed by atoms with Crippen LogP contribution >= 0.6 is 12.4 Å². The van der Waals surface area contributed by atoms with Crippen LogP contribution in [0.4, 0.5) is 4.79 Å². The third kappa shape index (κ3) is 8.72. The zero-order chi connectivity index (χ0) is 25.1. The van der Waals surface area contributed by atoms with Crippen molar-refractivity contribution in [2.24, 2.45) is 5.73 Å². The summed E-state index contributed by atoms with van der Waals surface area (Å²) < 4.78 is 5.22. The molecule has 188 valence electrons. The second-order valence-electron chi connectivity index (χ2n) is 8.52. The third-order valence-electron chi connectivity index (χ3n) is 4.69. The highest BCUT2D eigenvalue weighted by molar-refractivity contribution is 5.85. The molecule has 36 heavy (non-hydrogen) atoms. The lowest BCUT2D eigenvalue weighted by Gasteiger charge is -2.20. The highest BCUT2D eigenvalue weighted by Gasteiger charge is 2.16. The van der Waals surface area contributed by atoms with Crippen LogP contribution in [0.15, 0.2) is 85.5 Å². The number of halogens is 1. The zero-order valence-corrected chi connectivity index (χ0v) is 21.4. The van der Waals surface area contributed by atoms with Crippen molar-refractivity contribution < 1.29 is 9.53 Å². The van der Waals surface area contributed by atoms with E-state index in [9.17, 15) is 4.79 Å². The molecule has 9 heteroatoms. The minimum absolute atomic E-state index is 0. The fourth-order valence-corrected chi connectivity index (χ4v) is 3.17. The van der Waals surface area contributed by atoms with Crippen LogP contribution in [-0.4, -0.2) is 31.6 Å². The molecule has 2 aromatic heterocycles. The number of benzene rings is 2. The fourth-order valence-electron chi connectivity index (χ4n) is 3.17. The van der Waals surface area contributed by atoms with Crippen LogP contribution in [0, 0.1) is 0 Å². The Kier molecular flexibility index (Phi) is 10.9. The molecule has 0 atom stereocenters. The summed E-state index contributed by atoms with van der Waals surface area (Å²) in [7, 11) is 0. The van der Waals surface area contributed by atoms with Gasteiger partial charge in [-0.05, 0) is 44.0 Å². The SMILES string of the molecule is CC(C)(C)OC(=O)NCc1ccccc1-c1ncccn1.Cl.NCc1ccccc1-c1ncccn1. The number of carbonyl (C=O) groups excluding carboxylic acids is 1. The van der Waals surface area contributed by atoms with Gasteiger partial charge in [-0.25, -0.2) is 24.7 Å². The maximum absolute atomic E-state index is 11.7. The number of hydrogen-bond acceptors (Lipinski definition) is 7. The standard InChI is InChI=1S/C16H19N3O2.C11H11N3.ClH/c1-16(2,3)21-15(20)19-11-12-7-4-5-8-13(12)14-17-9-6-10-18-14;12-8-9-4-1-2-5-10(9)11-13-6-3-7-14-11;/h4-10H,11H2,1-3H3,(H,19,20);1-7H,8,12H2;1H. The van der Waals surface area contributed by atoms with Gasteiger partial charge in [0.05, 0.1) is 0 Å². The van der Waals surface area contributed by atoms with Crippen molar-refractivity contribution in [1.82, 2.24) is 25.3 Å². The van der Waals surface area contributed by atoms with Gasteiger partial charge in [-0.2, -0.15) is 0 Å². The number of alkyl carbamates (subject to hydrolysis) is 1. The van der Waals surface area contributed by atoms with Crippen LogP contribution in [0.5, 0.6) is 0 Å². The Morgan fingerprint density at radius 1 is 0.778 bits per heavy atom. The average molecular weight is 507 g/mol. The van der Waals surface area contributed by atoms with Gasteiger partial charge in [-0.15, -0.1) is 12.4 Å². The van der Waals surface area contributed by atoms with Crippen LogP contribution in [0.3, 0.4) is 0 Å². The van der Waals surface area contributed by atoms with Crippen molar-refractivity contribution in [3.05, 3.63) is 96.6 Å². The quantitative estimate of drug-likeness (QED) is 0.382. The lowest BCUT2D eigenvalue weighted by Crippen LogP contribution is -2.32. The van der Waals surface area contributed by atoms with Gasteiger partial charge in [0.15, 0.2) is 11.6 Å². The van der Waals surface area contributed by atoms with Crippen molar-refractivity contribution in [3.8, 4) is 22.8 Å². The normalized spacial score (nSPS) is 10.3. The van der Waals surface area contributed by atoms with Crippen molar-refractivity contribution in [1.29, 1.82) is 0 Å². The van der Waals surface area contributed by atoms with E-state index in [1.807, 2.05) is 69.3 Å². The number of rotatable bonds is 5. The van der Waals surface area contributed by atoms with E-state index in [1.165, 1.54) is 0 Å². The number of nitrogens with two attached hydrogens (primary N) is 1.